The van der Waals surface area contributed by atoms with Crippen molar-refractivity contribution in [1.29, 1.82) is 0 Å². The first-order valence-corrected chi connectivity index (χ1v) is 5.96. The highest BCUT2D eigenvalue weighted by atomic mass is 35.5. The molecule has 0 spiro atoms. The number of halogens is 2. The number of H-pyrrole nitrogens is 1. The SMILES string of the molecule is COCC(=O)NC(c1ccc(Cl)c(F)c1)c1nn[nH]n1. The van der Waals surface area contributed by atoms with Gasteiger partial charge in [0.15, 0.2) is 0 Å². The van der Waals surface area contributed by atoms with Gasteiger partial charge < -0.3 is 10.1 Å². The van der Waals surface area contributed by atoms with Gasteiger partial charge in [0.2, 0.25) is 11.7 Å². The number of tetrazole rings is 1. The largest absolute Gasteiger partial charge is 0.375 e. The highest BCUT2D eigenvalue weighted by Crippen LogP contribution is 2.23. The first kappa shape index (κ1) is 14.4. The molecular formula is C11H11ClFN5O2. The number of hydrogen-bond acceptors (Lipinski definition) is 5. The molecular weight excluding hydrogens is 289 g/mol. The van der Waals surface area contributed by atoms with Gasteiger partial charge in [-0.25, -0.2) is 4.39 Å². The molecule has 1 unspecified atom stereocenters. The molecule has 0 aliphatic heterocycles. The first-order chi connectivity index (χ1) is 9.61. The Labute approximate surface area is 118 Å². The summed E-state index contributed by atoms with van der Waals surface area (Å²) in [7, 11) is 1.39. The lowest BCUT2D eigenvalue weighted by atomic mass is 10.1. The summed E-state index contributed by atoms with van der Waals surface area (Å²) >= 11 is 5.63. The van der Waals surface area contributed by atoms with Crippen LogP contribution in [0.1, 0.15) is 17.4 Å². The Kier molecular flexibility index (Phi) is 4.59. The molecule has 1 atom stereocenters. The van der Waals surface area contributed by atoms with Gasteiger partial charge in [-0.1, -0.05) is 22.9 Å². The Morgan fingerprint density at radius 2 is 2.40 bits per heavy atom. The Hall–Kier alpha value is -2.06. The maximum Gasteiger partial charge on any atom is 0.246 e. The van der Waals surface area contributed by atoms with Crippen molar-refractivity contribution in [3.8, 4) is 0 Å². The number of ether oxygens (including phenoxy) is 1. The van der Waals surface area contributed by atoms with E-state index in [1.165, 1.54) is 19.2 Å². The Morgan fingerprint density at radius 3 is 3.00 bits per heavy atom. The lowest BCUT2D eigenvalue weighted by molar-refractivity contribution is -0.125. The Bertz CT molecular complexity index is 593. The number of carbonyl (C=O) groups excluding carboxylic acids is 1. The van der Waals surface area contributed by atoms with Crippen LogP contribution < -0.4 is 5.32 Å². The van der Waals surface area contributed by atoms with Crippen LogP contribution in [0, 0.1) is 5.82 Å². The van der Waals surface area contributed by atoms with Gasteiger partial charge in [-0.15, -0.1) is 10.2 Å². The molecule has 2 aromatic rings. The van der Waals surface area contributed by atoms with E-state index in [0.717, 1.165) is 0 Å². The number of nitrogens with zero attached hydrogens (tertiary/aromatic N) is 3. The smallest absolute Gasteiger partial charge is 0.246 e. The molecule has 0 aliphatic carbocycles. The number of aromatic nitrogens is 4. The summed E-state index contributed by atoms with van der Waals surface area (Å²) in [5.74, 6) is -0.785. The minimum Gasteiger partial charge on any atom is -0.375 e. The summed E-state index contributed by atoms with van der Waals surface area (Å²) in [6.45, 7) is -0.135. The second kappa shape index (κ2) is 6.40. The predicted molar refractivity (Wildman–Crippen MR) is 67.4 cm³/mol. The normalized spacial score (nSPS) is 12.2. The van der Waals surface area contributed by atoms with Gasteiger partial charge in [-0.2, -0.15) is 5.21 Å². The van der Waals surface area contributed by atoms with Crippen LogP contribution in [0.4, 0.5) is 4.39 Å². The van der Waals surface area contributed by atoms with Crippen LogP contribution in [0.5, 0.6) is 0 Å². The highest BCUT2D eigenvalue weighted by molar-refractivity contribution is 6.30. The molecule has 0 bridgehead atoms. The van der Waals surface area contributed by atoms with Gasteiger partial charge in [-0.3, -0.25) is 4.79 Å². The molecule has 0 aliphatic rings. The monoisotopic (exact) mass is 299 g/mol. The molecule has 0 saturated carbocycles. The van der Waals surface area contributed by atoms with Gasteiger partial charge in [0.1, 0.15) is 18.5 Å². The van der Waals surface area contributed by atoms with Crippen molar-refractivity contribution in [3.63, 3.8) is 0 Å². The van der Waals surface area contributed by atoms with E-state index < -0.39 is 17.8 Å². The topological polar surface area (TPSA) is 92.8 Å². The van der Waals surface area contributed by atoms with E-state index >= 15 is 0 Å². The van der Waals surface area contributed by atoms with Crippen molar-refractivity contribution in [2.75, 3.05) is 13.7 Å². The highest BCUT2D eigenvalue weighted by Gasteiger charge is 2.21. The van der Waals surface area contributed by atoms with Crippen molar-refractivity contribution in [2.45, 2.75) is 6.04 Å². The first-order valence-electron chi connectivity index (χ1n) is 5.58. The van der Waals surface area contributed by atoms with Crippen molar-refractivity contribution in [1.82, 2.24) is 25.9 Å². The van der Waals surface area contributed by atoms with E-state index in [-0.39, 0.29) is 17.5 Å². The fourth-order valence-electron chi connectivity index (χ4n) is 1.61. The van der Waals surface area contributed by atoms with Crippen LogP contribution in [0.15, 0.2) is 18.2 Å². The third-order valence-electron chi connectivity index (χ3n) is 2.48. The summed E-state index contributed by atoms with van der Waals surface area (Å²) in [6, 6.07) is 3.42. The molecule has 106 valence electrons. The van der Waals surface area contributed by atoms with Crippen LogP contribution in [-0.4, -0.2) is 40.2 Å². The van der Waals surface area contributed by atoms with Crippen LogP contribution in [-0.2, 0) is 9.53 Å². The van der Waals surface area contributed by atoms with Gasteiger partial charge in [0.25, 0.3) is 0 Å². The number of hydrogen-bond donors (Lipinski definition) is 2. The average molecular weight is 300 g/mol. The quantitative estimate of drug-likeness (QED) is 0.853. The Balaban J connectivity index is 2.31. The molecule has 2 rings (SSSR count). The summed E-state index contributed by atoms with van der Waals surface area (Å²) in [5, 5.41) is 15.9. The lowest BCUT2D eigenvalue weighted by Crippen LogP contribution is -2.32. The molecule has 7 nitrogen and oxygen atoms in total. The van der Waals surface area contributed by atoms with Crippen molar-refractivity contribution < 1.29 is 13.9 Å². The zero-order chi connectivity index (χ0) is 14.5. The summed E-state index contributed by atoms with van der Waals surface area (Å²) in [5.41, 5.74) is 0.442. The van der Waals surface area contributed by atoms with E-state index in [1.807, 2.05) is 0 Å². The van der Waals surface area contributed by atoms with E-state index in [9.17, 15) is 9.18 Å². The number of nitrogens with one attached hydrogen (secondary N) is 2. The summed E-state index contributed by atoms with van der Waals surface area (Å²) in [4.78, 5) is 11.6. The number of carbonyl (C=O) groups is 1. The van der Waals surface area contributed by atoms with Gasteiger partial charge in [0.05, 0.1) is 5.02 Å². The van der Waals surface area contributed by atoms with Crippen LogP contribution in [0.2, 0.25) is 5.02 Å². The number of methoxy groups -OCH3 is 1. The average Bonchev–Trinajstić information content (AvgIpc) is 2.93. The molecule has 0 saturated heterocycles. The number of rotatable bonds is 5. The van der Waals surface area contributed by atoms with E-state index in [2.05, 4.69) is 25.9 Å². The number of benzene rings is 1. The molecule has 0 fully saturated rings. The maximum absolute atomic E-state index is 13.5. The standard InChI is InChI=1S/C11H11ClFN5O2/c1-20-5-9(19)14-10(11-15-17-18-16-11)6-2-3-7(12)8(13)4-6/h2-4,10H,5H2,1H3,(H,14,19)(H,15,16,17,18). The summed E-state index contributed by atoms with van der Waals surface area (Å²) in [6.07, 6.45) is 0. The second-order valence-corrected chi connectivity index (χ2v) is 4.28. The fraction of sp³-hybridized carbons (Fsp3) is 0.273. The van der Waals surface area contributed by atoms with Gasteiger partial charge in [-0.05, 0) is 17.7 Å². The summed E-state index contributed by atoms with van der Waals surface area (Å²) < 4.78 is 18.3. The minimum absolute atomic E-state index is 0.0103. The van der Waals surface area contributed by atoms with E-state index in [0.29, 0.717) is 5.56 Å². The third kappa shape index (κ3) is 3.28. The zero-order valence-electron chi connectivity index (χ0n) is 10.4. The molecule has 20 heavy (non-hydrogen) atoms. The van der Waals surface area contributed by atoms with Crippen LogP contribution in [0.25, 0.3) is 0 Å². The molecule has 9 heteroatoms. The number of amides is 1. The number of aromatic amines is 1. The lowest BCUT2D eigenvalue weighted by Gasteiger charge is -2.16. The molecule has 1 aromatic carbocycles. The molecule has 1 aromatic heterocycles. The maximum atomic E-state index is 13.5. The molecule has 0 radical (unpaired) electrons. The third-order valence-corrected chi connectivity index (χ3v) is 2.78. The van der Waals surface area contributed by atoms with Crippen molar-refractivity contribution in [3.05, 3.63) is 40.4 Å². The van der Waals surface area contributed by atoms with Crippen LogP contribution >= 0.6 is 11.6 Å². The van der Waals surface area contributed by atoms with Crippen LogP contribution in [0.3, 0.4) is 0 Å². The molecule has 1 amide bonds. The second-order valence-electron chi connectivity index (χ2n) is 3.88. The van der Waals surface area contributed by atoms with Gasteiger partial charge in [0, 0.05) is 7.11 Å². The van der Waals surface area contributed by atoms with Gasteiger partial charge >= 0.3 is 0 Å². The van der Waals surface area contributed by atoms with Crippen molar-refractivity contribution >= 4 is 17.5 Å². The predicted octanol–water partition coefficient (Wildman–Crippen LogP) is 0.844. The zero-order valence-corrected chi connectivity index (χ0v) is 11.2. The molecule has 2 N–H and O–H groups in total. The fourth-order valence-corrected chi connectivity index (χ4v) is 1.73. The van der Waals surface area contributed by atoms with E-state index in [4.69, 9.17) is 16.3 Å². The minimum atomic E-state index is -0.747. The van der Waals surface area contributed by atoms with E-state index in [1.54, 1.807) is 6.07 Å². The Morgan fingerprint density at radius 1 is 1.60 bits per heavy atom. The molecule has 1 heterocycles. The van der Waals surface area contributed by atoms with Crippen molar-refractivity contribution in [2.24, 2.45) is 0 Å².